The number of unbranched alkanes of at least 4 members (excludes halogenated alkanes) is 2. The zero-order chi connectivity index (χ0) is 15.9. The second-order valence-electron chi connectivity index (χ2n) is 5.35. The lowest BCUT2D eigenvalue weighted by Gasteiger charge is -2.23. The van der Waals surface area contributed by atoms with Gasteiger partial charge in [0.05, 0.1) is 13.2 Å². The van der Waals surface area contributed by atoms with Gasteiger partial charge in [-0.05, 0) is 38.7 Å². The summed E-state index contributed by atoms with van der Waals surface area (Å²) >= 11 is 0. The predicted octanol–water partition coefficient (Wildman–Crippen LogP) is 3.57. The lowest BCUT2D eigenvalue weighted by atomic mass is 9.85. The third-order valence-corrected chi connectivity index (χ3v) is 3.74. The van der Waals surface area contributed by atoms with Gasteiger partial charge in [0, 0.05) is 0 Å². The molecule has 1 saturated carbocycles. The van der Waals surface area contributed by atoms with Crippen molar-refractivity contribution in [1.29, 1.82) is 0 Å². The van der Waals surface area contributed by atoms with E-state index in [0.717, 1.165) is 30.4 Å². The molecular weight excluding hydrogens is 268 g/mol. The fourth-order valence-electron chi connectivity index (χ4n) is 2.60. The van der Waals surface area contributed by atoms with Crippen molar-refractivity contribution in [3.05, 3.63) is 23.8 Å². The standard InChI is InChI=1S/C17H26O4/c1-5-8-9-10-14-12-17(11-13(14)4,15(18)20-6-2)16(19)21-7-3/h10H,4-9,11-12H2,1-3H3/b14-10-. The highest BCUT2D eigenvalue weighted by Gasteiger charge is 2.53. The number of rotatable bonds is 7. The predicted molar refractivity (Wildman–Crippen MR) is 81.7 cm³/mol. The minimum Gasteiger partial charge on any atom is -0.465 e. The third kappa shape index (κ3) is 3.96. The molecule has 21 heavy (non-hydrogen) atoms. The number of allylic oxidation sites excluding steroid dienone is 3. The fraction of sp³-hybridized carbons (Fsp3) is 0.647. The van der Waals surface area contributed by atoms with Gasteiger partial charge in [0.25, 0.3) is 0 Å². The summed E-state index contributed by atoms with van der Waals surface area (Å²) in [6.07, 6.45) is 5.86. The first-order valence-corrected chi connectivity index (χ1v) is 7.73. The molecule has 0 N–H and O–H groups in total. The Balaban J connectivity index is 3.00. The van der Waals surface area contributed by atoms with Gasteiger partial charge < -0.3 is 9.47 Å². The molecule has 1 fully saturated rings. The first-order valence-electron chi connectivity index (χ1n) is 7.73. The molecule has 4 heteroatoms. The van der Waals surface area contributed by atoms with E-state index >= 15 is 0 Å². The Morgan fingerprint density at radius 3 is 2.19 bits per heavy atom. The summed E-state index contributed by atoms with van der Waals surface area (Å²) in [5, 5.41) is 0. The van der Waals surface area contributed by atoms with Crippen LogP contribution in [0.4, 0.5) is 0 Å². The van der Waals surface area contributed by atoms with Gasteiger partial charge >= 0.3 is 11.9 Å². The average Bonchev–Trinajstić information content (AvgIpc) is 2.78. The number of esters is 2. The molecule has 0 atom stereocenters. The van der Waals surface area contributed by atoms with Gasteiger partial charge in [-0.25, -0.2) is 0 Å². The lowest BCUT2D eigenvalue weighted by Crippen LogP contribution is -2.39. The molecule has 0 saturated heterocycles. The maximum absolute atomic E-state index is 12.3. The van der Waals surface area contributed by atoms with Crippen molar-refractivity contribution >= 4 is 11.9 Å². The molecule has 1 rings (SSSR count). The quantitative estimate of drug-likeness (QED) is 0.409. The zero-order valence-corrected chi connectivity index (χ0v) is 13.4. The van der Waals surface area contributed by atoms with Crippen molar-refractivity contribution in [3.8, 4) is 0 Å². The molecule has 118 valence electrons. The summed E-state index contributed by atoms with van der Waals surface area (Å²) < 4.78 is 10.2. The highest BCUT2D eigenvalue weighted by Crippen LogP contribution is 2.46. The molecule has 0 heterocycles. The monoisotopic (exact) mass is 294 g/mol. The van der Waals surface area contributed by atoms with E-state index in [0.29, 0.717) is 12.8 Å². The zero-order valence-electron chi connectivity index (χ0n) is 13.4. The highest BCUT2D eigenvalue weighted by molar-refractivity contribution is 6.02. The largest absolute Gasteiger partial charge is 0.465 e. The first kappa shape index (κ1) is 17.5. The van der Waals surface area contributed by atoms with Crippen LogP contribution >= 0.6 is 0 Å². The van der Waals surface area contributed by atoms with Crippen molar-refractivity contribution in [2.75, 3.05) is 13.2 Å². The summed E-state index contributed by atoms with van der Waals surface area (Å²) in [5.74, 6) is -0.994. The van der Waals surface area contributed by atoms with E-state index in [9.17, 15) is 9.59 Å². The Morgan fingerprint density at radius 1 is 1.14 bits per heavy atom. The summed E-state index contributed by atoms with van der Waals surface area (Å²) in [6.45, 7) is 10.1. The molecule has 0 aliphatic heterocycles. The highest BCUT2D eigenvalue weighted by atomic mass is 16.6. The summed E-state index contributed by atoms with van der Waals surface area (Å²) in [6, 6.07) is 0. The SMILES string of the molecule is C=C1CC(C(=O)OCC)(C(=O)OCC)C/C1=C/CCCC. The topological polar surface area (TPSA) is 52.6 Å². The van der Waals surface area contributed by atoms with Gasteiger partial charge in [0.15, 0.2) is 5.41 Å². The van der Waals surface area contributed by atoms with E-state index in [-0.39, 0.29) is 13.2 Å². The molecule has 0 aromatic heterocycles. The van der Waals surface area contributed by atoms with Crippen LogP contribution in [-0.2, 0) is 19.1 Å². The average molecular weight is 294 g/mol. The van der Waals surface area contributed by atoms with Crippen molar-refractivity contribution in [2.24, 2.45) is 5.41 Å². The van der Waals surface area contributed by atoms with Crippen molar-refractivity contribution < 1.29 is 19.1 Å². The van der Waals surface area contributed by atoms with Crippen molar-refractivity contribution in [1.82, 2.24) is 0 Å². The van der Waals surface area contributed by atoms with Crippen LogP contribution in [0.1, 0.15) is 52.9 Å². The summed E-state index contributed by atoms with van der Waals surface area (Å²) in [5.41, 5.74) is 0.595. The molecule has 0 aromatic carbocycles. The van der Waals surface area contributed by atoms with Crippen LogP contribution in [-0.4, -0.2) is 25.2 Å². The Labute approximate surface area is 127 Å². The molecule has 0 radical (unpaired) electrons. The molecule has 0 aromatic rings. The van der Waals surface area contributed by atoms with Gasteiger partial charge in [0.1, 0.15) is 0 Å². The number of carbonyl (C=O) groups excluding carboxylic acids is 2. The second kappa shape index (κ2) is 8.01. The van der Waals surface area contributed by atoms with Crippen LogP contribution in [0.5, 0.6) is 0 Å². The molecule has 1 aliphatic rings. The molecule has 0 unspecified atom stereocenters. The van der Waals surface area contributed by atoms with Crippen LogP contribution < -0.4 is 0 Å². The van der Waals surface area contributed by atoms with Crippen molar-refractivity contribution in [2.45, 2.75) is 52.9 Å². The van der Waals surface area contributed by atoms with E-state index in [2.05, 4.69) is 19.6 Å². The molecule has 4 nitrogen and oxygen atoms in total. The van der Waals surface area contributed by atoms with Gasteiger partial charge in [-0.2, -0.15) is 0 Å². The van der Waals surface area contributed by atoms with Crippen LogP contribution in [0.2, 0.25) is 0 Å². The number of carbonyl (C=O) groups is 2. The Hall–Kier alpha value is -1.58. The Bertz CT molecular complexity index is 416. The van der Waals surface area contributed by atoms with Crippen LogP contribution in [0.25, 0.3) is 0 Å². The summed E-state index contributed by atoms with van der Waals surface area (Å²) in [4.78, 5) is 24.6. The molecule has 1 aliphatic carbocycles. The Morgan fingerprint density at radius 2 is 1.71 bits per heavy atom. The molecule has 0 amide bonds. The van der Waals surface area contributed by atoms with Gasteiger partial charge in [0.2, 0.25) is 0 Å². The maximum Gasteiger partial charge on any atom is 0.324 e. The molecule has 0 spiro atoms. The van der Waals surface area contributed by atoms with E-state index in [1.54, 1.807) is 13.8 Å². The first-order chi connectivity index (χ1) is 10.0. The van der Waals surface area contributed by atoms with Crippen molar-refractivity contribution in [3.63, 3.8) is 0 Å². The van der Waals surface area contributed by atoms with Crippen LogP contribution in [0.15, 0.2) is 23.8 Å². The normalized spacial score (nSPS) is 18.8. The van der Waals surface area contributed by atoms with Crippen LogP contribution in [0, 0.1) is 5.41 Å². The number of hydrogen-bond donors (Lipinski definition) is 0. The number of ether oxygens (including phenoxy) is 2. The van der Waals surface area contributed by atoms with Gasteiger partial charge in [-0.3, -0.25) is 9.59 Å². The smallest absolute Gasteiger partial charge is 0.324 e. The fourth-order valence-corrected chi connectivity index (χ4v) is 2.60. The van der Waals surface area contributed by atoms with Gasteiger partial charge in [-0.15, -0.1) is 0 Å². The summed E-state index contributed by atoms with van der Waals surface area (Å²) in [7, 11) is 0. The Kier molecular flexibility index (Phi) is 6.66. The molecular formula is C17H26O4. The minimum atomic E-state index is -1.23. The van der Waals surface area contributed by atoms with E-state index in [1.165, 1.54) is 0 Å². The maximum atomic E-state index is 12.3. The second-order valence-corrected chi connectivity index (χ2v) is 5.35. The number of hydrogen-bond acceptors (Lipinski definition) is 4. The third-order valence-electron chi connectivity index (χ3n) is 3.74. The lowest BCUT2D eigenvalue weighted by molar-refractivity contribution is -0.171. The molecule has 0 bridgehead atoms. The minimum absolute atomic E-state index is 0.251. The van der Waals surface area contributed by atoms with Crippen LogP contribution in [0.3, 0.4) is 0 Å². The van der Waals surface area contributed by atoms with E-state index in [1.807, 2.05) is 0 Å². The van der Waals surface area contributed by atoms with E-state index < -0.39 is 17.4 Å². The van der Waals surface area contributed by atoms with E-state index in [4.69, 9.17) is 9.47 Å². The van der Waals surface area contributed by atoms with Gasteiger partial charge in [-0.1, -0.05) is 38.0 Å².